The van der Waals surface area contributed by atoms with Crippen molar-refractivity contribution in [2.24, 2.45) is 5.92 Å². The van der Waals surface area contributed by atoms with Gasteiger partial charge in [0.05, 0.1) is 11.4 Å². The number of nitrogens with one attached hydrogen (secondary N) is 1. The lowest BCUT2D eigenvalue weighted by Crippen LogP contribution is -2.33. The molecule has 0 aliphatic carbocycles. The van der Waals surface area contributed by atoms with Crippen molar-refractivity contribution in [3.05, 3.63) is 24.3 Å². The van der Waals surface area contributed by atoms with Crippen molar-refractivity contribution in [3.63, 3.8) is 0 Å². The molecule has 0 saturated carbocycles. The maximum atomic E-state index is 5.89. The molecule has 1 fully saturated rings. The summed E-state index contributed by atoms with van der Waals surface area (Å²) in [5.41, 5.74) is 7.80. The van der Waals surface area contributed by atoms with E-state index in [2.05, 4.69) is 17.3 Å². The standard InChI is InChI=1S/C13H21N3/c1-16-8-6-11(7-9-16)10-15-13-5-3-2-4-12(13)14/h2-5,11,15H,6-10,14H2,1H3. The van der Waals surface area contributed by atoms with E-state index in [1.165, 1.54) is 25.9 Å². The normalized spacial score (nSPS) is 18.6. The van der Waals surface area contributed by atoms with Gasteiger partial charge in [-0.3, -0.25) is 0 Å². The number of rotatable bonds is 3. The summed E-state index contributed by atoms with van der Waals surface area (Å²) < 4.78 is 0. The van der Waals surface area contributed by atoms with Crippen molar-refractivity contribution in [2.45, 2.75) is 12.8 Å². The van der Waals surface area contributed by atoms with E-state index in [0.29, 0.717) is 0 Å². The van der Waals surface area contributed by atoms with Gasteiger partial charge < -0.3 is 16.0 Å². The minimum Gasteiger partial charge on any atom is -0.397 e. The number of hydrogen-bond acceptors (Lipinski definition) is 3. The van der Waals surface area contributed by atoms with Gasteiger partial charge in [-0.25, -0.2) is 0 Å². The quantitative estimate of drug-likeness (QED) is 0.764. The van der Waals surface area contributed by atoms with Crippen LogP contribution in [0.2, 0.25) is 0 Å². The third-order valence-electron chi connectivity index (χ3n) is 3.38. The molecule has 16 heavy (non-hydrogen) atoms. The van der Waals surface area contributed by atoms with Gasteiger partial charge in [0.15, 0.2) is 0 Å². The molecular weight excluding hydrogens is 198 g/mol. The lowest BCUT2D eigenvalue weighted by Gasteiger charge is -2.29. The van der Waals surface area contributed by atoms with E-state index in [-0.39, 0.29) is 0 Å². The third-order valence-corrected chi connectivity index (χ3v) is 3.38. The zero-order valence-corrected chi connectivity index (χ0v) is 9.95. The molecule has 0 amide bonds. The number of benzene rings is 1. The van der Waals surface area contributed by atoms with Gasteiger partial charge in [0.2, 0.25) is 0 Å². The molecule has 1 aromatic rings. The lowest BCUT2D eigenvalue weighted by molar-refractivity contribution is 0.226. The molecule has 3 heteroatoms. The Kier molecular flexibility index (Phi) is 3.67. The Labute approximate surface area is 97.6 Å². The van der Waals surface area contributed by atoms with Gasteiger partial charge in [-0.2, -0.15) is 0 Å². The van der Waals surface area contributed by atoms with E-state index in [9.17, 15) is 0 Å². The highest BCUT2D eigenvalue weighted by atomic mass is 15.1. The molecule has 3 nitrogen and oxygen atoms in total. The molecule has 0 bridgehead atoms. The molecule has 2 rings (SSSR count). The van der Waals surface area contributed by atoms with E-state index in [1.54, 1.807) is 0 Å². The van der Waals surface area contributed by atoms with E-state index in [1.807, 2.05) is 24.3 Å². The fourth-order valence-corrected chi connectivity index (χ4v) is 2.18. The predicted octanol–water partition coefficient (Wildman–Crippen LogP) is 2.02. The molecule has 1 aliphatic heterocycles. The molecule has 0 radical (unpaired) electrons. The SMILES string of the molecule is CN1CCC(CNc2ccccc2N)CC1. The highest BCUT2D eigenvalue weighted by Gasteiger charge is 2.16. The molecule has 0 atom stereocenters. The van der Waals surface area contributed by atoms with E-state index >= 15 is 0 Å². The summed E-state index contributed by atoms with van der Waals surface area (Å²) in [7, 11) is 2.19. The van der Waals surface area contributed by atoms with Crippen LogP contribution in [0.25, 0.3) is 0 Å². The monoisotopic (exact) mass is 219 g/mol. The summed E-state index contributed by atoms with van der Waals surface area (Å²) in [5.74, 6) is 0.788. The average Bonchev–Trinajstić information content (AvgIpc) is 2.30. The van der Waals surface area contributed by atoms with Crippen molar-refractivity contribution in [3.8, 4) is 0 Å². The molecule has 1 aromatic carbocycles. The van der Waals surface area contributed by atoms with Crippen LogP contribution in [0.5, 0.6) is 0 Å². The minimum atomic E-state index is 0.788. The third kappa shape index (κ3) is 2.89. The van der Waals surface area contributed by atoms with Crippen LogP contribution in [0.3, 0.4) is 0 Å². The maximum Gasteiger partial charge on any atom is 0.0573 e. The molecule has 0 unspecified atom stereocenters. The van der Waals surface area contributed by atoms with Crippen LogP contribution in [0.1, 0.15) is 12.8 Å². The molecule has 0 spiro atoms. The van der Waals surface area contributed by atoms with Crippen LogP contribution in [-0.2, 0) is 0 Å². The molecule has 3 N–H and O–H groups in total. The predicted molar refractivity (Wildman–Crippen MR) is 69.6 cm³/mol. The van der Waals surface area contributed by atoms with Gasteiger partial charge in [0, 0.05) is 6.54 Å². The smallest absolute Gasteiger partial charge is 0.0573 e. The summed E-state index contributed by atoms with van der Waals surface area (Å²) in [6, 6.07) is 7.98. The Morgan fingerprint density at radius 3 is 2.69 bits per heavy atom. The van der Waals surface area contributed by atoms with Crippen molar-refractivity contribution in [1.29, 1.82) is 0 Å². The second-order valence-electron chi connectivity index (χ2n) is 4.71. The first-order valence-electron chi connectivity index (χ1n) is 6.02. The first kappa shape index (κ1) is 11.3. The van der Waals surface area contributed by atoms with Gasteiger partial charge >= 0.3 is 0 Å². The van der Waals surface area contributed by atoms with Crippen molar-refractivity contribution >= 4 is 11.4 Å². The Balaban J connectivity index is 1.81. The van der Waals surface area contributed by atoms with Gasteiger partial charge in [-0.15, -0.1) is 0 Å². The fourth-order valence-electron chi connectivity index (χ4n) is 2.18. The average molecular weight is 219 g/mol. The van der Waals surface area contributed by atoms with Crippen LogP contribution >= 0.6 is 0 Å². The highest BCUT2D eigenvalue weighted by Crippen LogP contribution is 2.20. The lowest BCUT2D eigenvalue weighted by atomic mass is 9.97. The summed E-state index contributed by atoms with van der Waals surface area (Å²) in [4.78, 5) is 2.40. The number of piperidine rings is 1. The van der Waals surface area contributed by atoms with Gasteiger partial charge in [-0.05, 0) is 51.0 Å². The molecule has 1 heterocycles. The first-order valence-corrected chi connectivity index (χ1v) is 6.02. The Morgan fingerprint density at radius 1 is 1.31 bits per heavy atom. The van der Waals surface area contributed by atoms with E-state index < -0.39 is 0 Å². The minimum absolute atomic E-state index is 0.788. The second-order valence-corrected chi connectivity index (χ2v) is 4.71. The van der Waals surface area contributed by atoms with E-state index in [4.69, 9.17) is 5.73 Å². The summed E-state index contributed by atoms with van der Waals surface area (Å²) in [6.45, 7) is 3.48. The maximum absolute atomic E-state index is 5.89. The number of anilines is 2. The number of hydrogen-bond donors (Lipinski definition) is 2. The van der Waals surface area contributed by atoms with Crippen molar-refractivity contribution in [1.82, 2.24) is 4.90 Å². The van der Waals surface area contributed by atoms with Gasteiger partial charge in [0.25, 0.3) is 0 Å². The molecule has 0 aromatic heterocycles. The van der Waals surface area contributed by atoms with Crippen LogP contribution < -0.4 is 11.1 Å². The number of para-hydroxylation sites is 2. The fraction of sp³-hybridized carbons (Fsp3) is 0.538. The van der Waals surface area contributed by atoms with Crippen LogP contribution in [-0.4, -0.2) is 31.6 Å². The van der Waals surface area contributed by atoms with Crippen LogP contribution in [0, 0.1) is 5.92 Å². The zero-order valence-electron chi connectivity index (χ0n) is 9.95. The summed E-state index contributed by atoms with van der Waals surface area (Å²) in [5, 5.41) is 3.45. The summed E-state index contributed by atoms with van der Waals surface area (Å²) >= 11 is 0. The zero-order chi connectivity index (χ0) is 11.4. The number of nitrogens with zero attached hydrogens (tertiary/aromatic N) is 1. The Morgan fingerprint density at radius 2 is 2.00 bits per heavy atom. The number of nitrogens with two attached hydrogens (primary N) is 1. The topological polar surface area (TPSA) is 41.3 Å². The van der Waals surface area contributed by atoms with Crippen LogP contribution in [0.15, 0.2) is 24.3 Å². The van der Waals surface area contributed by atoms with Crippen molar-refractivity contribution in [2.75, 3.05) is 37.7 Å². The number of likely N-dealkylation sites (tertiary alicyclic amines) is 1. The summed E-state index contributed by atoms with van der Waals surface area (Å²) in [6.07, 6.45) is 2.58. The Hall–Kier alpha value is -1.22. The van der Waals surface area contributed by atoms with Gasteiger partial charge in [-0.1, -0.05) is 12.1 Å². The molecule has 1 saturated heterocycles. The molecule has 1 aliphatic rings. The largest absolute Gasteiger partial charge is 0.397 e. The van der Waals surface area contributed by atoms with Crippen LogP contribution in [0.4, 0.5) is 11.4 Å². The Bertz CT molecular complexity index is 330. The molecule has 88 valence electrons. The molecular formula is C13H21N3. The highest BCUT2D eigenvalue weighted by molar-refractivity contribution is 5.65. The second kappa shape index (κ2) is 5.21. The number of nitrogen functional groups attached to an aromatic ring is 1. The van der Waals surface area contributed by atoms with E-state index in [0.717, 1.165) is 23.8 Å². The van der Waals surface area contributed by atoms with Crippen molar-refractivity contribution < 1.29 is 0 Å². The first-order chi connectivity index (χ1) is 7.75. The van der Waals surface area contributed by atoms with Gasteiger partial charge in [0.1, 0.15) is 0 Å².